The molecule has 0 radical (unpaired) electrons. The molecule has 0 saturated heterocycles. The van der Waals surface area contributed by atoms with Gasteiger partial charge in [-0.2, -0.15) is 0 Å². The van der Waals surface area contributed by atoms with Gasteiger partial charge in [-0.1, -0.05) is 24.3 Å². The molecule has 2 amide bonds. The number of carbonyl (C=O) groups excluding carboxylic acids is 2. The van der Waals surface area contributed by atoms with E-state index in [0.717, 1.165) is 10.5 Å². The van der Waals surface area contributed by atoms with E-state index >= 15 is 0 Å². The van der Waals surface area contributed by atoms with Crippen LogP contribution in [-0.2, 0) is 9.59 Å². The predicted molar refractivity (Wildman–Crippen MR) is 95.4 cm³/mol. The van der Waals surface area contributed by atoms with E-state index in [1.54, 1.807) is 42.5 Å². The Kier molecular flexibility index (Phi) is 4.31. The molecule has 1 N–H and O–H groups in total. The minimum absolute atomic E-state index is 0.00241. The lowest BCUT2D eigenvalue weighted by Crippen LogP contribution is -2.31. The van der Waals surface area contributed by atoms with Crippen LogP contribution in [0.25, 0.3) is 5.57 Å². The third-order valence-electron chi connectivity index (χ3n) is 3.83. The molecule has 0 spiro atoms. The number of hydrogen-bond donors (Lipinski definition) is 1. The summed E-state index contributed by atoms with van der Waals surface area (Å²) in [4.78, 5) is 26.1. The first kappa shape index (κ1) is 16.8. The lowest BCUT2D eigenvalue weighted by atomic mass is 10.1. The van der Waals surface area contributed by atoms with Crippen molar-refractivity contribution in [3.05, 3.63) is 65.4 Å². The van der Waals surface area contributed by atoms with Crippen molar-refractivity contribution in [3.8, 4) is 5.75 Å². The Hall–Kier alpha value is -3.08. The van der Waals surface area contributed by atoms with Crippen molar-refractivity contribution >= 4 is 23.1 Å². The number of rotatable bonds is 4. The van der Waals surface area contributed by atoms with Crippen LogP contribution < -0.4 is 9.64 Å². The van der Waals surface area contributed by atoms with E-state index in [0.29, 0.717) is 17.0 Å². The number of benzene rings is 2. The van der Waals surface area contributed by atoms with Crippen molar-refractivity contribution < 1.29 is 19.4 Å². The SMILES string of the molecule is Cc1cccc(N2C(=O)C(O)=C(c3ccc(OC(C)C)cc3)C2=O)c1. The smallest absolute Gasteiger partial charge is 0.301 e. The van der Waals surface area contributed by atoms with E-state index in [-0.39, 0.29) is 11.7 Å². The van der Waals surface area contributed by atoms with E-state index in [9.17, 15) is 14.7 Å². The summed E-state index contributed by atoms with van der Waals surface area (Å²) in [5, 5.41) is 10.2. The Labute approximate surface area is 146 Å². The van der Waals surface area contributed by atoms with Gasteiger partial charge < -0.3 is 9.84 Å². The second-order valence-corrected chi connectivity index (χ2v) is 6.20. The van der Waals surface area contributed by atoms with Crippen molar-refractivity contribution in [2.24, 2.45) is 0 Å². The van der Waals surface area contributed by atoms with Crippen LogP contribution in [0.5, 0.6) is 5.75 Å². The monoisotopic (exact) mass is 337 g/mol. The summed E-state index contributed by atoms with van der Waals surface area (Å²) in [7, 11) is 0. The van der Waals surface area contributed by atoms with Crippen LogP contribution in [0.15, 0.2) is 54.3 Å². The molecule has 0 aromatic heterocycles. The predicted octanol–water partition coefficient (Wildman–Crippen LogP) is 3.62. The van der Waals surface area contributed by atoms with Crippen LogP contribution in [0.3, 0.4) is 0 Å². The lowest BCUT2D eigenvalue weighted by molar-refractivity contribution is -0.121. The van der Waals surface area contributed by atoms with Gasteiger partial charge in [0.1, 0.15) is 5.75 Å². The highest BCUT2D eigenvalue weighted by atomic mass is 16.5. The number of carbonyl (C=O) groups is 2. The maximum absolute atomic E-state index is 12.8. The molecule has 1 heterocycles. The van der Waals surface area contributed by atoms with Gasteiger partial charge in [-0.25, -0.2) is 4.90 Å². The van der Waals surface area contributed by atoms with Crippen molar-refractivity contribution in [1.82, 2.24) is 0 Å². The number of aryl methyl sites for hydroxylation is 1. The highest BCUT2D eigenvalue weighted by Gasteiger charge is 2.40. The van der Waals surface area contributed by atoms with Gasteiger partial charge in [-0.15, -0.1) is 0 Å². The largest absolute Gasteiger partial charge is 0.502 e. The van der Waals surface area contributed by atoms with Gasteiger partial charge in [-0.05, 0) is 56.2 Å². The molecule has 25 heavy (non-hydrogen) atoms. The molecule has 0 saturated carbocycles. The number of ether oxygens (including phenoxy) is 1. The van der Waals surface area contributed by atoms with E-state index in [4.69, 9.17) is 4.74 Å². The number of aliphatic hydroxyl groups excluding tert-OH is 1. The van der Waals surface area contributed by atoms with Crippen molar-refractivity contribution in [2.45, 2.75) is 26.9 Å². The first-order chi connectivity index (χ1) is 11.9. The third-order valence-corrected chi connectivity index (χ3v) is 3.83. The Morgan fingerprint density at radius 1 is 1.00 bits per heavy atom. The Balaban J connectivity index is 1.94. The highest BCUT2D eigenvalue weighted by molar-refractivity contribution is 6.44. The summed E-state index contributed by atoms with van der Waals surface area (Å²) in [6, 6.07) is 13.8. The summed E-state index contributed by atoms with van der Waals surface area (Å²) in [6.07, 6.45) is 0.0324. The molecular weight excluding hydrogens is 318 g/mol. The molecule has 5 nitrogen and oxygen atoms in total. The molecule has 0 fully saturated rings. The molecule has 0 bridgehead atoms. The molecule has 128 valence electrons. The van der Waals surface area contributed by atoms with Gasteiger partial charge in [0.25, 0.3) is 5.91 Å². The fourth-order valence-electron chi connectivity index (χ4n) is 2.75. The maximum Gasteiger partial charge on any atom is 0.301 e. The van der Waals surface area contributed by atoms with Gasteiger partial charge >= 0.3 is 5.91 Å². The summed E-state index contributed by atoms with van der Waals surface area (Å²) >= 11 is 0. The van der Waals surface area contributed by atoms with Gasteiger partial charge in [-0.3, -0.25) is 9.59 Å². The van der Waals surface area contributed by atoms with Crippen LogP contribution >= 0.6 is 0 Å². The standard InChI is InChI=1S/C20H19NO4/c1-12(2)25-16-9-7-14(8-10-16)17-18(22)20(24)21(19(17)23)15-6-4-5-13(3)11-15/h4-12,22H,1-3H3. The molecule has 1 aliphatic rings. The van der Waals surface area contributed by atoms with E-state index in [1.165, 1.54) is 0 Å². The van der Waals surface area contributed by atoms with Gasteiger partial charge in [0.05, 0.1) is 17.4 Å². The number of imide groups is 1. The molecule has 5 heteroatoms. The second-order valence-electron chi connectivity index (χ2n) is 6.20. The number of nitrogens with zero attached hydrogens (tertiary/aromatic N) is 1. The average molecular weight is 337 g/mol. The Morgan fingerprint density at radius 3 is 2.28 bits per heavy atom. The normalized spacial score (nSPS) is 14.6. The molecule has 1 aliphatic heterocycles. The van der Waals surface area contributed by atoms with Crippen LogP contribution in [0.1, 0.15) is 25.0 Å². The summed E-state index contributed by atoms with van der Waals surface area (Å²) in [5.74, 6) is -1.13. The lowest BCUT2D eigenvalue weighted by Gasteiger charge is -2.15. The first-order valence-corrected chi connectivity index (χ1v) is 8.04. The van der Waals surface area contributed by atoms with Crippen molar-refractivity contribution in [3.63, 3.8) is 0 Å². The summed E-state index contributed by atoms with van der Waals surface area (Å²) < 4.78 is 5.57. The third kappa shape index (κ3) is 3.13. The quantitative estimate of drug-likeness (QED) is 0.865. The molecule has 0 unspecified atom stereocenters. The zero-order valence-corrected chi connectivity index (χ0v) is 14.3. The van der Waals surface area contributed by atoms with Crippen LogP contribution in [-0.4, -0.2) is 23.0 Å². The minimum Gasteiger partial charge on any atom is -0.502 e. The number of anilines is 1. The van der Waals surface area contributed by atoms with E-state index < -0.39 is 17.6 Å². The first-order valence-electron chi connectivity index (χ1n) is 8.04. The van der Waals surface area contributed by atoms with E-state index in [1.807, 2.05) is 26.8 Å². The molecular formula is C20H19NO4. The fraction of sp³-hybridized carbons (Fsp3) is 0.200. The fourth-order valence-corrected chi connectivity index (χ4v) is 2.75. The number of aliphatic hydroxyl groups is 1. The van der Waals surface area contributed by atoms with Crippen LogP contribution in [0.2, 0.25) is 0 Å². The number of hydrogen-bond acceptors (Lipinski definition) is 4. The molecule has 2 aromatic carbocycles. The Bertz CT molecular complexity index is 866. The Morgan fingerprint density at radius 2 is 1.68 bits per heavy atom. The second kappa shape index (κ2) is 6.43. The topological polar surface area (TPSA) is 66.8 Å². The van der Waals surface area contributed by atoms with Crippen molar-refractivity contribution in [2.75, 3.05) is 4.90 Å². The maximum atomic E-state index is 12.8. The molecule has 0 atom stereocenters. The van der Waals surface area contributed by atoms with E-state index in [2.05, 4.69) is 0 Å². The average Bonchev–Trinajstić information content (AvgIpc) is 2.78. The van der Waals surface area contributed by atoms with Gasteiger partial charge in [0, 0.05) is 0 Å². The zero-order chi connectivity index (χ0) is 18.1. The van der Waals surface area contributed by atoms with Crippen LogP contribution in [0.4, 0.5) is 5.69 Å². The molecule has 3 rings (SSSR count). The van der Waals surface area contributed by atoms with Crippen LogP contribution in [0, 0.1) is 6.92 Å². The zero-order valence-electron chi connectivity index (χ0n) is 14.3. The summed E-state index contributed by atoms with van der Waals surface area (Å²) in [5.41, 5.74) is 1.84. The van der Waals surface area contributed by atoms with Gasteiger partial charge in [0.2, 0.25) is 0 Å². The molecule has 2 aromatic rings. The van der Waals surface area contributed by atoms with Crippen molar-refractivity contribution in [1.29, 1.82) is 0 Å². The molecule has 0 aliphatic carbocycles. The number of amides is 2. The highest BCUT2D eigenvalue weighted by Crippen LogP contribution is 2.32. The van der Waals surface area contributed by atoms with Gasteiger partial charge in [0.15, 0.2) is 5.76 Å². The summed E-state index contributed by atoms with van der Waals surface area (Å²) in [6.45, 7) is 5.71. The minimum atomic E-state index is -0.715.